The summed E-state index contributed by atoms with van der Waals surface area (Å²) in [4.78, 5) is 29.8. The number of esters is 1. The van der Waals surface area contributed by atoms with E-state index in [0.29, 0.717) is 30.9 Å². The molecule has 2 rings (SSSR count). The number of halogens is 1. The molecule has 0 aliphatic carbocycles. The summed E-state index contributed by atoms with van der Waals surface area (Å²) in [5.74, 6) is -0.0427. The average Bonchev–Trinajstić information content (AvgIpc) is 2.90. The fraction of sp³-hybridized carbons (Fsp3) is 0.550. The smallest absolute Gasteiger partial charge is 0.410 e. The molecule has 0 fully saturated rings. The van der Waals surface area contributed by atoms with E-state index in [4.69, 9.17) is 9.47 Å². The third kappa shape index (κ3) is 5.94. The molecule has 1 amide bonds. The number of carbonyl (C=O) groups excluding carboxylic acids is 2. The highest BCUT2D eigenvalue weighted by molar-refractivity contribution is 5.76. The van der Waals surface area contributed by atoms with Crippen molar-refractivity contribution in [1.82, 2.24) is 14.5 Å². The summed E-state index contributed by atoms with van der Waals surface area (Å²) >= 11 is 0. The lowest BCUT2D eigenvalue weighted by Crippen LogP contribution is -2.34. The normalized spacial score (nSPS) is 11.5. The Labute approximate surface area is 164 Å². The number of fused-ring (bicyclic) bond motifs is 1. The fourth-order valence-corrected chi connectivity index (χ4v) is 2.75. The van der Waals surface area contributed by atoms with Crippen molar-refractivity contribution < 1.29 is 23.5 Å². The predicted molar refractivity (Wildman–Crippen MR) is 103 cm³/mol. The number of hydrogen-bond acceptors (Lipinski definition) is 5. The molecule has 28 heavy (non-hydrogen) atoms. The number of aromatic nitrogens is 2. The standard InChI is InChI=1S/C20H28FN3O4/c1-6-27-18(25)8-7-11-24-16-10-9-14(21)12-15(16)22-17(24)13-23(5)19(26)28-20(2,3)4/h9-10,12H,6-8,11,13H2,1-5H3. The van der Waals surface area contributed by atoms with Gasteiger partial charge in [0.05, 0.1) is 24.2 Å². The number of rotatable bonds is 7. The van der Waals surface area contributed by atoms with Gasteiger partial charge in [-0.2, -0.15) is 0 Å². The van der Waals surface area contributed by atoms with Gasteiger partial charge in [-0.25, -0.2) is 14.2 Å². The Morgan fingerprint density at radius 3 is 2.64 bits per heavy atom. The maximum Gasteiger partial charge on any atom is 0.410 e. The molecule has 0 bridgehead atoms. The SMILES string of the molecule is CCOC(=O)CCCn1c(CN(C)C(=O)OC(C)(C)C)nc2cc(F)ccc21. The second kappa shape index (κ2) is 9.03. The highest BCUT2D eigenvalue weighted by Crippen LogP contribution is 2.20. The van der Waals surface area contributed by atoms with E-state index in [1.807, 2.05) is 4.57 Å². The summed E-state index contributed by atoms with van der Waals surface area (Å²) in [6.07, 6.45) is 0.352. The first-order chi connectivity index (χ1) is 13.1. The minimum atomic E-state index is -0.603. The van der Waals surface area contributed by atoms with Crippen LogP contribution in [0.5, 0.6) is 0 Å². The summed E-state index contributed by atoms with van der Waals surface area (Å²) in [5, 5.41) is 0. The zero-order chi connectivity index (χ0) is 20.9. The molecule has 0 spiro atoms. The van der Waals surface area contributed by atoms with Gasteiger partial charge in [-0.05, 0) is 46.2 Å². The van der Waals surface area contributed by atoms with Crippen LogP contribution in [-0.2, 0) is 27.4 Å². The minimum Gasteiger partial charge on any atom is -0.466 e. The third-order valence-electron chi connectivity index (χ3n) is 3.94. The molecule has 0 saturated heterocycles. The lowest BCUT2D eigenvalue weighted by atomic mass is 10.2. The first kappa shape index (κ1) is 21.7. The summed E-state index contributed by atoms with van der Waals surface area (Å²) in [6, 6.07) is 4.38. The minimum absolute atomic E-state index is 0.199. The zero-order valence-corrected chi connectivity index (χ0v) is 17.1. The average molecular weight is 393 g/mol. The van der Waals surface area contributed by atoms with Gasteiger partial charge in [-0.15, -0.1) is 0 Å². The molecule has 0 N–H and O–H groups in total. The highest BCUT2D eigenvalue weighted by Gasteiger charge is 2.22. The molecule has 0 saturated carbocycles. The Balaban J connectivity index is 2.21. The molecule has 0 aliphatic rings. The van der Waals surface area contributed by atoms with E-state index in [0.717, 1.165) is 5.52 Å². The predicted octanol–water partition coefficient (Wildman–Crippen LogP) is 3.89. The number of amides is 1. The molecule has 0 atom stereocenters. The van der Waals surface area contributed by atoms with Crippen molar-refractivity contribution >= 4 is 23.1 Å². The van der Waals surface area contributed by atoms with Crippen LogP contribution in [0, 0.1) is 5.82 Å². The van der Waals surface area contributed by atoms with E-state index in [-0.39, 0.29) is 24.8 Å². The van der Waals surface area contributed by atoms with E-state index in [1.54, 1.807) is 40.8 Å². The van der Waals surface area contributed by atoms with Gasteiger partial charge in [0.1, 0.15) is 17.2 Å². The molecule has 0 radical (unpaired) electrons. The third-order valence-corrected chi connectivity index (χ3v) is 3.94. The van der Waals surface area contributed by atoms with Crippen LogP contribution >= 0.6 is 0 Å². The van der Waals surface area contributed by atoms with Gasteiger partial charge < -0.3 is 18.9 Å². The van der Waals surface area contributed by atoms with Crippen molar-refractivity contribution in [1.29, 1.82) is 0 Å². The second-order valence-electron chi connectivity index (χ2n) is 7.56. The zero-order valence-electron chi connectivity index (χ0n) is 17.1. The van der Waals surface area contributed by atoms with Crippen LogP contribution < -0.4 is 0 Å². The fourth-order valence-electron chi connectivity index (χ4n) is 2.75. The quantitative estimate of drug-likeness (QED) is 0.668. The number of hydrogen-bond donors (Lipinski definition) is 0. The van der Waals surface area contributed by atoms with Crippen molar-refractivity contribution in [2.24, 2.45) is 0 Å². The van der Waals surface area contributed by atoms with E-state index < -0.39 is 11.7 Å². The van der Waals surface area contributed by atoms with Crippen LogP contribution in [0.4, 0.5) is 9.18 Å². The molecule has 154 valence electrons. The molecule has 1 aromatic heterocycles. The van der Waals surface area contributed by atoms with Crippen LogP contribution in [0.3, 0.4) is 0 Å². The molecule has 2 aromatic rings. The van der Waals surface area contributed by atoms with Crippen molar-refractivity contribution in [2.75, 3.05) is 13.7 Å². The molecule has 0 aliphatic heterocycles. The van der Waals surface area contributed by atoms with E-state index >= 15 is 0 Å². The Morgan fingerprint density at radius 1 is 1.29 bits per heavy atom. The monoisotopic (exact) mass is 393 g/mol. The number of nitrogens with zero attached hydrogens (tertiary/aromatic N) is 3. The number of ether oxygens (including phenoxy) is 2. The number of carbonyl (C=O) groups is 2. The van der Waals surface area contributed by atoms with Gasteiger partial charge in [0, 0.05) is 26.1 Å². The Kier molecular flexibility index (Phi) is 6.99. The van der Waals surface area contributed by atoms with Gasteiger partial charge in [-0.3, -0.25) is 4.79 Å². The Bertz CT molecular complexity index is 842. The summed E-state index contributed by atoms with van der Waals surface area (Å²) in [6.45, 7) is 8.20. The van der Waals surface area contributed by atoms with Gasteiger partial charge in [-0.1, -0.05) is 0 Å². The van der Waals surface area contributed by atoms with Gasteiger partial charge in [0.15, 0.2) is 0 Å². The number of aryl methyl sites for hydroxylation is 1. The van der Waals surface area contributed by atoms with Gasteiger partial charge in [0.2, 0.25) is 0 Å². The summed E-state index contributed by atoms with van der Waals surface area (Å²) in [5.41, 5.74) is 0.649. The van der Waals surface area contributed by atoms with Gasteiger partial charge >= 0.3 is 12.1 Å². The van der Waals surface area contributed by atoms with Crippen LogP contribution in [0.15, 0.2) is 18.2 Å². The molecule has 1 heterocycles. The Hall–Kier alpha value is -2.64. The van der Waals surface area contributed by atoms with E-state index in [2.05, 4.69) is 4.98 Å². The van der Waals surface area contributed by atoms with Crippen LogP contribution in [-0.4, -0.2) is 45.8 Å². The molecule has 8 heteroatoms. The molecule has 0 unspecified atom stereocenters. The van der Waals surface area contributed by atoms with Crippen LogP contribution in [0.25, 0.3) is 11.0 Å². The van der Waals surface area contributed by atoms with Gasteiger partial charge in [0.25, 0.3) is 0 Å². The Morgan fingerprint density at radius 2 is 2.00 bits per heavy atom. The molecular formula is C20H28FN3O4. The maximum atomic E-state index is 13.6. The van der Waals surface area contributed by atoms with Crippen LogP contribution in [0.1, 0.15) is 46.4 Å². The number of imidazole rings is 1. The lowest BCUT2D eigenvalue weighted by molar-refractivity contribution is -0.143. The molecular weight excluding hydrogens is 365 g/mol. The topological polar surface area (TPSA) is 73.7 Å². The van der Waals surface area contributed by atoms with Crippen molar-refractivity contribution in [3.05, 3.63) is 29.8 Å². The van der Waals surface area contributed by atoms with Crippen molar-refractivity contribution in [3.8, 4) is 0 Å². The molecule has 7 nitrogen and oxygen atoms in total. The van der Waals surface area contributed by atoms with E-state index in [9.17, 15) is 14.0 Å². The van der Waals surface area contributed by atoms with Crippen molar-refractivity contribution in [3.63, 3.8) is 0 Å². The first-order valence-corrected chi connectivity index (χ1v) is 9.35. The largest absolute Gasteiger partial charge is 0.466 e. The van der Waals surface area contributed by atoms with Crippen molar-refractivity contribution in [2.45, 2.75) is 59.2 Å². The maximum absolute atomic E-state index is 13.6. The number of benzene rings is 1. The summed E-state index contributed by atoms with van der Waals surface area (Å²) in [7, 11) is 1.62. The second-order valence-corrected chi connectivity index (χ2v) is 7.56. The molecule has 1 aromatic carbocycles. The first-order valence-electron chi connectivity index (χ1n) is 9.35. The van der Waals surface area contributed by atoms with Crippen LogP contribution in [0.2, 0.25) is 0 Å². The highest BCUT2D eigenvalue weighted by atomic mass is 19.1. The lowest BCUT2D eigenvalue weighted by Gasteiger charge is -2.24. The van der Waals surface area contributed by atoms with E-state index in [1.165, 1.54) is 17.0 Å². The summed E-state index contributed by atoms with van der Waals surface area (Å²) < 4.78 is 25.8.